The maximum Gasteiger partial charge on any atom is 0.225 e. The molecule has 1 aliphatic heterocycles. The van der Waals surface area contributed by atoms with Crippen molar-refractivity contribution < 1.29 is 4.79 Å². The average Bonchev–Trinajstić information content (AvgIpc) is 3.11. The summed E-state index contributed by atoms with van der Waals surface area (Å²) in [5, 5.41) is 11.6. The van der Waals surface area contributed by atoms with Crippen molar-refractivity contribution in [3.63, 3.8) is 0 Å². The van der Waals surface area contributed by atoms with Crippen LogP contribution in [0.3, 0.4) is 0 Å². The smallest absolute Gasteiger partial charge is 0.225 e. The van der Waals surface area contributed by atoms with Crippen molar-refractivity contribution in [3.05, 3.63) is 5.82 Å². The molecule has 6 nitrogen and oxygen atoms in total. The highest BCUT2D eigenvalue weighted by atomic mass is 16.2. The second-order valence-corrected chi connectivity index (χ2v) is 5.06. The lowest BCUT2D eigenvalue weighted by Crippen LogP contribution is -2.40. The Hall–Kier alpha value is -1.46. The van der Waals surface area contributed by atoms with Crippen LogP contribution in [0.15, 0.2) is 0 Å². The van der Waals surface area contributed by atoms with Crippen LogP contribution < -0.4 is 0 Å². The summed E-state index contributed by atoms with van der Waals surface area (Å²) in [7, 11) is 1.86. The number of aryl methyl sites for hydroxylation is 1. The first kappa shape index (κ1) is 10.7. The quantitative estimate of drug-likeness (QED) is 0.741. The molecule has 0 spiro atoms. The van der Waals surface area contributed by atoms with E-state index in [1.807, 2.05) is 11.9 Å². The van der Waals surface area contributed by atoms with Gasteiger partial charge < -0.3 is 4.90 Å². The molecule has 2 aliphatic rings. The SMILES string of the molecule is Cn1nnnc1C1CCCN(C(=O)C2CC2)C1. The van der Waals surface area contributed by atoms with E-state index in [1.54, 1.807) is 4.68 Å². The number of carbonyl (C=O) groups excluding carboxylic acids is 1. The van der Waals surface area contributed by atoms with Crippen molar-refractivity contribution in [2.24, 2.45) is 13.0 Å². The highest BCUT2D eigenvalue weighted by Crippen LogP contribution is 2.33. The van der Waals surface area contributed by atoms with Gasteiger partial charge in [0.15, 0.2) is 5.82 Å². The lowest BCUT2D eigenvalue weighted by atomic mass is 9.97. The third-order valence-electron chi connectivity index (χ3n) is 3.68. The average molecular weight is 235 g/mol. The fourth-order valence-electron chi connectivity index (χ4n) is 2.56. The lowest BCUT2D eigenvalue weighted by Gasteiger charge is -2.32. The number of aromatic nitrogens is 4. The monoisotopic (exact) mass is 235 g/mol. The van der Waals surface area contributed by atoms with Gasteiger partial charge in [-0.1, -0.05) is 0 Å². The van der Waals surface area contributed by atoms with E-state index in [2.05, 4.69) is 15.5 Å². The minimum absolute atomic E-state index is 0.298. The van der Waals surface area contributed by atoms with E-state index in [9.17, 15) is 4.79 Å². The minimum Gasteiger partial charge on any atom is -0.342 e. The van der Waals surface area contributed by atoms with Crippen molar-refractivity contribution in [1.82, 2.24) is 25.1 Å². The van der Waals surface area contributed by atoms with Crippen LogP contribution in [-0.2, 0) is 11.8 Å². The number of carbonyl (C=O) groups is 1. The molecule has 1 aliphatic carbocycles. The fourth-order valence-corrected chi connectivity index (χ4v) is 2.56. The summed E-state index contributed by atoms with van der Waals surface area (Å²) < 4.78 is 1.72. The molecule has 2 fully saturated rings. The number of piperidine rings is 1. The van der Waals surface area contributed by atoms with Crippen LogP contribution >= 0.6 is 0 Å². The molecular weight excluding hydrogens is 218 g/mol. The van der Waals surface area contributed by atoms with Gasteiger partial charge >= 0.3 is 0 Å². The van der Waals surface area contributed by atoms with Gasteiger partial charge in [-0.3, -0.25) is 4.79 Å². The van der Waals surface area contributed by atoms with Crippen molar-refractivity contribution in [2.75, 3.05) is 13.1 Å². The van der Waals surface area contributed by atoms with Gasteiger partial charge in [-0.05, 0) is 36.1 Å². The van der Waals surface area contributed by atoms with Crippen LogP contribution in [0.25, 0.3) is 0 Å². The van der Waals surface area contributed by atoms with Gasteiger partial charge in [-0.15, -0.1) is 5.10 Å². The summed E-state index contributed by atoms with van der Waals surface area (Å²) in [4.78, 5) is 14.0. The number of amides is 1. The number of rotatable bonds is 2. The van der Waals surface area contributed by atoms with Gasteiger partial charge in [0.2, 0.25) is 5.91 Å². The van der Waals surface area contributed by atoms with Gasteiger partial charge in [0, 0.05) is 32.0 Å². The molecule has 1 atom stereocenters. The van der Waals surface area contributed by atoms with Crippen molar-refractivity contribution in [1.29, 1.82) is 0 Å². The van der Waals surface area contributed by atoms with Crippen molar-refractivity contribution in [2.45, 2.75) is 31.6 Å². The molecular formula is C11H17N5O. The molecule has 3 rings (SSSR count). The molecule has 1 aromatic rings. The third kappa shape index (κ3) is 2.03. The van der Waals surface area contributed by atoms with Gasteiger partial charge in [-0.25, -0.2) is 4.68 Å². The molecule has 0 aromatic carbocycles. The highest BCUT2D eigenvalue weighted by molar-refractivity contribution is 5.81. The number of likely N-dealkylation sites (tertiary alicyclic amines) is 1. The first-order valence-electron chi connectivity index (χ1n) is 6.26. The van der Waals surface area contributed by atoms with Crippen LogP contribution in [0.5, 0.6) is 0 Å². The van der Waals surface area contributed by atoms with Gasteiger partial charge in [0.05, 0.1) is 0 Å². The zero-order valence-corrected chi connectivity index (χ0v) is 10.0. The molecule has 1 amide bonds. The second kappa shape index (κ2) is 4.09. The predicted molar refractivity (Wildman–Crippen MR) is 60.1 cm³/mol. The Morgan fingerprint density at radius 1 is 1.35 bits per heavy atom. The summed E-state index contributed by atoms with van der Waals surface area (Å²) in [6.45, 7) is 1.68. The summed E-state index contributed by atoms with van der Waals surface area (Å²) in [6.07, 6.45) is 4.27. The van der Waals surface area contributed by atoms with Crippen LogP contribution in [0.1, 0.15) is 37.4 Å². The van der Waals surface area contributed by atoms with E-state index in [0.29, 0.717) is 17.7 Å². The molecule has 17 heavy (non-hydrogen) atoms. The Balaban J connectivity index is 1.71. The Bertz CT molecular complexity index is 425. The maximum absolute atomic E-state index is 12.0. The predicted octanol–water partition coefficient (Wildman–Crippen LogP) is 0.326. The van der Waals surface area contributed by atoms with Crippen LogP contribution in [0.4, 0.5) is 0 Å². The van der Waals surface area contributed by atoms with E-state index in [0.717, 1.165) is 44.6 Å². The standard InChI is InChI=1S/C11H17N5O/c1-15-10(12-13-14-15)9-3-2-6-16(7-9)11(17)8-4-5-8/h8-9H,2-7H2,1H3. The van der Waals surface area contributed by atoms with Crippen molar-refractivity contribution in [3.8, 4) is 0 Å². The maximum atomic E-state index is 12.0. The molecule has 1 saturated carbocycles. The number of hydrogen-bond donors (Lipinski definition) is 0. The van der Waals surface area contributed by atoms with Crippen LogP contribution in [0.2, 0.25) is 0 Å². The van der Waals surface area contributed by atoms with E-state index in [-0.39, 0.29) is 0 Å². The van der Waals surface area contributed by atoms with Gasteiger partial charge in [0.25, 0.3) is 0 Å². The summed E-state index contributed by atoms with van der Waals surface area (Å²) in [6, 6.07) is 0. The molecule has 0 N–H and O–H groups in total. The Morgan fingerprint density at radius 3 is 2.82 bits per heavy atom. The lowest BCUT2D eigenvalue weighted by molar-refractivity contribution is -0.133. The summed E-state index contributed by atoms with van der Waals surface area (Å²) >= 11 is 0. The number of tetrazole rings is 1. The van der Waals surface area contributed by atoms with Gasteiger partial charge in [0.1, 0.15) is 0 Å². The third-order valence-corrected chi connectivity index (χ3v) is 3.68. The molecule has 92 valence electrons. The second-order valence-electron chi connectivity index (χ2n) is 5.06. The molecule has 6 heteroatoms. The van der Waals surface area contributed by atoms with E-state index >= 15 is 0 Å². The molecule has 1 saturated heterocycles. The minimum atomic E-state index is 0.298. The van der Waals surface area contributed by atoms with Crippen molar-refractivity contribution >= 4 is 5.91 Å². The van der Waals surface area contributed by atoms with Crippen LogP contribution in [-0.4, -0.2) is 44.1 Å². The largest absolute Gasteiger partial charge is 0.342 e. The van der Waals surface area contributed by atoms with E-state index in [4.69, 9.17) is 0 Å². The normalized spacial score (nSPS) is 25.0. The zero-order chi connectivity index (χ0) is 11.8. The van der Waals surface area contributed by atoms with Gasteiger partial charge in [-0.2, -0.15) is 0 Å². The fraction of sp³-hybridized carbons (Fsp3) is 0.818. The Kier molecular flexibility index (Phi) is 2.57. The Morgan fingerprint density at radius 2 is 2.18 bits per heavy atom. The summed E-state index contributed by atoms with van der Waals surface area (Å²) in [5.74, 6) is 1.85. The molecule has 1 aromatic heterocycles. The molecule has 0 radical (unpaired) electrons. The molecule has 1 unspecified atom stereocenters. The number of hydrogen-bond acceptors (Lipinski definition) is 4. The first-order valence-corrected chi connectivity index (χ1v) is 6.26. The Labute approximate surface area is 100.0 Å². The zero-order valence-electron chi connectivity index (χ0n) is 10.0. The van der Waals surface area contributed by atoms with E-state index in [1.165, 1.54) is 0 Å². The highest BCUT2D eigenvalue weighted by Gasteiger charge is 2.36. The van der Waals surface area contributed by atoms with Crippen LogP contribution in [0, 0.1) is 5.92 Å². The first-order chi connectivity index (χ1) is 8.25. The molecule has 0 bridgehead atoms. The topological polar surface area (TPSA) is 63.9 Å². The summed E-state index contributed by atoms with van der Waals surface area (Å²) in [5.41, 5.74) is 0. The molecule has 2 heterocycles. The number of nitrogens with zero attached hydrogens (tertiary/aromatic N) is 5. The van der Waals surface area contributed by atoms with E-state index < -0.39 is 0 Å².